The third-order valence-corrected chi connectivity index (χ3v) is 2.47. The fraction of sp³-hybridized carbons (Fsp3) is 0.462. The maximum absolute atomic E-state index is 8.73. The number of hydrogen-bond donors (Lipinski definition) is 1. The van der Waals surface area contributed by atoms with Crippen molar-refractivity contribution >= 4 is 0 Å². The number of nitrogens with zero attached hydrogens (tertiary/aromatic N) is 1. The molecule has 0 amide bonds. The van der Waals surface area contributed by atoms with Gasteiger partial charge in [-0.2, -0.15) is 5.26 Å². The highest BCUT2D eigenvalue weighted by Crippen LogP contribution is 2.18. The molecule has 0 aliphatic heterocycles. The van der Waals surface area contributed by atoms with E-state index in [4.69, 9.17) is 10.00 Å². The Morgan fingerprint density at radius 1 is 1.31 bits per heavy atom. The van der Waals surface area contributed by atoms with Gasteiger partial charge in [-0.05, 0) is 30.7 Å². The summed E-state index contributed by atoms with van der Waals surface area (Å²) in [7, 11) is 1.75. The zero-order valence-electron chi connectivity index (χ0n) is 10.0. The number of ether oxygens (including phenoxy) is 1. The molecular weight excluding hydrogens is 200 g/mol. The topological polar surface area (TPSA) is 45.0 Å². The van der Waals surface area contributed by atoms with Crippen molar-refractivity contribution in [3.8, 4) is 11.8 Å². The van der Waals surface area contributed by atoms with Crippen LogP contribution < -0.4 is 10.1 Å². The monoisotopic (exact) mass is 218 g/mol. The lowest BCUT2D eigenvalue weighted by molar-refractivity contribution is 0.295. The highest BCUT2D eigenvalue weighted by molar-refractivity contribution is 5.28. The largest absolute Gasteiger partial charge is 0.491 e. The molecule has 0 aliphatic rings. The number of benzene rings is 1. The molecule has 0 aromatic heterocycles. The molecule has 1 unspecified atom stereocenters. The van der Waals surface area contributed by atoms with Crippen LogP contribution in [-0.4, -0.2) is 19.7 Å². The summed E-state index contributed by atoms with van der Waals surface area (Å²) in [5.74, 6) is 1.33. The summed E-state index contributed by atoms with van der Waals surface area (Å²) in [6.07, 6.45) is 0. The number of hydrogen-bond acceptors (Lipinski definition) is 3. The van der Waals surface area contributed by atoms with Crippen LogP contribution in [0.4, 0.5) is 0 Å². The second-order valence-corrected chi connectivity index (χ2v) is 4.01. The van der Waals surface area contributed by atoms with Crippen LogP contribution in [0.25, 0.3) is 0 Å². The molecule has 1 rings (SSSR count). The Morgan fingerprint density at radius 2 is 1.94 bits per heavy atom. The molecule has 0 saturated heterocycles. The van der Waals surface area contributed by atoms with Crippen LogP contribution in [0.1, 0.15) is 25.3 Å². The average Bonchev–Trinajstić information content (AvgIpc) is 2.31. The van der Waals surface area contributed by atoms with Gasteiger partial charge in [0.25, 0.3) is 0 Å². The van der Waals surface area contributed by atoms with E-state index in [1.54, 1.807) is 7.05 Å². The summed E-state index contributed by atoms with van der Waals surface area (Å²) in [6, 6.07) is 9.86. The lowest BCUT2D eigenvalue weighted by Crippen LogP contribution is -2.29. The lowest BCUT2D eigenvalue weighted by atomic mass is 10.0. The smallest absolute Gasteiger partial charge is 0.129 e. The number of likely N-dealkylation sites (N-methyl/N-ethyl adjacent to an activating group) is 1. The second-order valence-electron chi connectivity index (χ2n) is 4.01. The van der Waals surface area contributed by atoms with Crippen molar-refractivity contribution in [2.45, 2.75) is 25.8 Å². The summed E-state index contributed by atoms with van der Waals surface area (Å²) >= 11 is 0. The molecule has 3 nitrogen and oxygen atoms in total. The Hall–Kier alpha value is -1.53. The minimum atomic E-state index is -0.259. The Balaban J connectivity index is 2.53. The van der Waals surface area contributed by atoms with Gasteiger partial charge in [0.05, 0.1) is 6.07 Å². The van der Waals surface area contributed by atoms with Crippen LogP contribution in [0, 0.1) is 11.3 Å². The second kappa shape index (κ2) is 6.14. The fourth-order valence-electron chi connectivity index (χ4n) is 1.31. The van der Waals surface area contributed by atoms with Gasteiger partial charge in [-0.1, -0.05) is 26.0 Å². The standard InChI is InChI=1S/C13H18N2O/c1-10(2)11-4-6-13(7-5-11)16-9-12(8-14)15-3/h4-7,10,12,15H,9H2,1-3H3. The molecule has 16 heavy (non-hydrogen) atoms. The van der Waals surface area contributed by atoms with Crippen molar-refractivity contribution < 1.29 is 4.74 Å². The minimum absolute atomic E-state index is 0.259. The first kappa shape index (κ1) is 12.5. The molecule has 0 fully saturated rings. The third kappa shape index (κ3) is 3.56. The van der Waals surface area contributed by atoms with Crippen molar-refractivity contribution in [3.63, 3.8) is 0 Å². The zero-order chi connectivity index (χ0) is 12.0. The van der Waals surface area contributed by atoms with E-state index < -0.39 is 0 Å². The van der Waals surface area contributed by atoms with Gasteiger partial charge >= 0.3 is 0 Å². The van der Waals surface area contributed by atoms with Crippen LogP contribution in [0.3, 0.4) is 0 Å². The predicted molar refractivity (Wildman–Crippen MR) is 64.5 cm³/mol. The summed E-state index contributed by atoms with van der Waals surface area (Å²) in [4.78, 5) is 0. The SMILES string of the molecule is CNC(C#N)COc1ccc(C(C)C)cc1. The zero-order valence-corrected chi connectivity index (χ0v) is 10.0. The van der Waals surface area contributed by atoms with Crippen molar-refractivity contribution in [2.24, 2.45) is 0 Å². The van der Waals surface area contributed by atoms with Crippen LogP contribution in [0.15, 0.2) is 24.3 Å². The van der Waals surface area contributed by atoms with E-state index in [-0.39, 0.29) is 6.04 Å². The molecule has 0 saturated carbocycles. The Bertz CT molecular complexity index is 351. The first-order valence-electron chi connectivity index (χ1n) is 5.47. The van der Waals surface area contributed by atoms with Gasteiger partial charge in [0.2, 0.25) is 0 Å². The van der Waals surface area contributed by atoms with Gasteiger partial charge in [-0.15, -0.1) is 0 Å². The molecular formula is C13H18N2O. The lowest BCUT2D eigenvalue weighted by Gasteiger charge is -2.11. The van der Waals surface area contributed by atoms with Gasteiger partial charge in [0.1, 0.15) is 18.4 Å². The number of nitrogens with one attached hydrogen (secondary N) is 1. The minimum Gasteiger partial charge on any atom is -0.491 e. The van der Waals surface area contributed by atoms with Crippen molar-refractivity contribution in [2.75, 3.05) is 13.7 Å². The van der Waals surface area contributed by atoms with Crippen LogP contribution in [0.2, 0.25) is 0 Å². The number of nitriles is 1. The number of rotatable bonds is 5. The first-order chi connectivity index (χ1) is 7.67. The van der Waals surface area contributed by atoms with E-state index >= 15 is 0 Å². The third-order valence-electron chi connectivity index (χ3n) is 2.47. The summed E-state index contributed by atoms with van der Waals surface area (Å²) in [5.41, 5.74) is 1.29. The molecule has 86 valence electrons. The first-order valence-corrected chi connectivity index (χ1v) is 5.47. The molecule has 0 radical (unpaired) electrons. The average molecular weight is 218 g/mol. The molecule has 1 atom stereocenters. The summed E-state index contributed by atoms with van der Waals surface area (Å²) in [6.45, 7) is 4.68. The summed E-state index contributed by atoms with van der Waals surface area (Å²) in [5, 5.41) is 11.6. The maximum Gasteiger partial charge on any atom is 0.129 e. The molecule has 1 aromatic rings. The van der Waals surface area contributed by atoms with Crippen molar-refractivity contribution in [3.05, 3.63) is 29.8 Å². The molecule has 3 heteroatoms. The van der Waals surface area contributed by atoms with E-state index in [0.29, 0.717) is 12.5 Å². The van der Waals surface area contributed by atoms with Gasteiger partial charge in [-0.25, -0.2) is 0 Å². The molecule has 0 bridgehead atoms. The van der Waals surface area contributed by atoms with Crippen LogP contribution in [-0.2, 0) is 0 Å². The molecule has 0 heterocycles. The predicted octanol–water partition coefficient (Wildman–Crippen LogP) is 2.30. The Morgan fingerprint density at radius 3 is 2.38 bits per heavy atom. The van der Waals surface area contributed by atoms with Crippen molar-refractivity contribution in [1.82, 2.24) is 5.32 Å². The van der Waals surface area contributed by atoms with E-state index in [0.717, 1.165) is 5.75 Å². The quantitative estimate of drug-likeness (QED) is 0.824. The Kier molecular flexibility index (Phi) is 4.81. The van der Waals surface area contributed by atoms with E-state index in [1.807, 2.05) is 12.1 Å². The van der Waals surface area contributed by atoms with E-state index in [9.17, 15) is 0 Å². The molecule has 1 aromatic carbocycles. The highest BCUT2D eigenvalue weighted by atomic mass is 16.5. The summed E-state index contributed by atoms with van der Waals surface area (Å²) < 4.78 is 5.50. The fourth-order valence-corrected chi connectivity index (χ4v) is 1.31. The molecule has 0 spiro atoms. The van der Waals surface area contributed by atoms with E-state index in [1.165, 1.54) is 5.56 Å². The normalized spacial score (nSPS) is 12.2. The molecule has 1 N–H and O–H groups in total. The van der Waals surface area contributed by atoms with E-state index in [2.05, 4.69) is 37.4 Å². The van der Waals surface area contributed by atoms with Crippen molar-refractivity contribution in [1.29, 1.82) is 5.26 Å². The van der Waals surface area contributed by atoms with Gasteiger partial charge in [0.15, 0.2) is 0 Å². The highest BCUT2D eigenvalue weighted by Gasteiger charge is 2.05. The van der Waals surface area contributed by atoms with Crippen LogP contribution >= 0.6 is 0 Å². The van der Waals surface area contributed by atoms with Gasteiger partial charge in [-0.3, -0.25) is 0 Å². The van der Waals surface area contributed by atoms with Gasteiger partial charge in [0, 0.05) is 0 Å². The van der Waals surface area contributed by atoms with Gasteiger partial charge < -0.3 is 10.1 Å². The molecule has 0 aliphatic carbocycles. The van der Waals surface area contributed by atoms with Crippen LogP contribution in [0.5, 0.6) is 5.75 Å². The maximum atomic E-state index is 8.73. The Labute approximate surface area is 97.0 Å².